The number of nitrogens with one attached hydrogen (secondary N) is 1. The molecule has 1 saturated heterocycles. The molecule has 1 aliphatic heterocycles. The van der Waals surface area contributed by atoms with E-state index in [0.29, 0.717) is 11.6 Å². The number of nitrogens with zero attached hydrogens (tertiary/aromatic N) is 4. The predicted octanol–water partition coefficient (Wildman–Crippen LogP) is 2.89. The summed E-state index contributed by atoms with van der Waals surface area (Å²) in [6.45, 7) is 7.09. The van der Waals surface area contributed by atoms with Crippen LogP contribution in [0.2, 0.25) is 0 Å². The van der Waals surface area contributed by atoms with Crippen molar-refractivity contribution in [2.45, 2.75) is 33.2 Å². The number of aromatic nitrogens is 3. The third-order valence-electron chi connectivity index (χ3n) is 5.82. The summed E-state index contributed by atoms with van der Waals surface area (Å²) in [7, 11) is 1.65. The van der Waals surface area contributed by atoms with Crippen molar-refractivity contribution >= 4 is 28.2 Å². The van der Waals surface area contributed by atoms with E-state index in [2.05, 4.69) is 40.2 Å². The number of hydrogen-bond donors (Lipinski definition) is 1. The minimum absolute atomic E-state index is 0.105. The van der Waals surface area contributed by atoms with Gasteiger partial charge in [-0.1, -0.05) is 0 Å². The second-order valence-electron chi connectivity index (χ2n) is 7.54. The second-order valence-corrected chi connectivity index (χ2v) is 7.54. The number of fused-ring (bicyclic) bond motifs is 1. The maximum absolute atomic E-state index is 12.1. The van der Waals surface area contributed by atoms with Crippen LogP contribution in [-0.4, -0.2) is 38.2 Å². The Hall–Kier alpha value is -3.09. The largest absolute Gasteiger partial charge is 0.354 e. The molecule has 4 rings (SSSR count). The third kappa shape index (κ3) is 2.96. The van der Waals surface area contributed by atoms with Gasteiger partial charge < -0.3 is 14.8 Å². The van der Waals surface area contributed by atoms with Gasteiger partial charge in [0.2, 0.25) is 5.91 Å². The molecule has 28 heavy (non-hydrogen) atoms. The molecule has 1 aromatic carbocycles. The molecule has 146 valence electrons. The summed E-state index contributed by atoms with van der Waals surface area (Å²) in [6.07, 6.45) is 4.77. The number of carbonyl (C=O) groups excluding carboxylic acids is 1. The quantitative estimate of drug-likeness (QED) is 0.760. The van der Waals surface area contributed by atoms with Crippen molar-refractivity contribution in [3.05, 3.63) is 52.1 Å². The Labute approximate surface area is 163 Å². The van der Waals surface area contributed by atoms with Gasteiger partial charge in [0.05, 0.1) is 17.9 Å². The number of amides is 1. The van der Waals surface area contributed by atoms with Crippen molar-refractivity contribution < 1.29 is 4.79 Å². The highest BCUT2D eigenvalue weighted by molar-refractivity contribution is 5.89. The van der Waals surface area contributed by atoms with E-state index in [1.54, 1.807) is 27.1 Å². The summed E-state index contributed by atoms with van der Waals surface area (Å²) in [6, 6.07) is 6.58. The maximum Gasteiger partial charge on any atom is 0.271 e. The van der Waals surface area contributed by atoms with Gasteiger partial charge in [0.25, 0.3) is 5.56 Å². The zero-order valence-electron chi connectivity index (χ0n) is 16.7. The first-order chi connectivity index (χ1) is 13.4. The van der Waals surface area contributed by atoms with Gasteiger partial charge in [-0.3, -0.25) is 9.59 Å². The van der Waals surface area contributed by atoms with Crippen molar-refractivity contribution in [3.63, 3.8) is 0 Å². The van der Waals surface area contributed by atoms with E-state index in [0.717, 1.165) is 42.0 Å². The van der Waals surface area contributed by atoms with Gasteiger partial charge in [0.1, 0.15) is 0 Å². The van der Waals surface area contributed by atoms with E-state index in [1.165, 1.54) is 10.1 Å². The number of carbonyl (C=O) groups is 1. The lowest BCUT2D eigenvalue weighted by Crippen LogP contribution is -2.26. The summed E-state index contributed by atoms with van der Waals surface area (Å²) >= 11 is 0. The summed E-state index contributed by atoms with van der Waals surface area (Å²) in [4.78, 5) is 25.7. The fraction of sp³-hybridized carbons (Fsp3) is 0.381. The monoisotopic (exact) mass is 379 g/mol. The highest BCUT2D eigenvalue weighted by atomic mass is 16.2. The van der Waals surface area contributed by atoms with Crippen LogP contribution < -0.4 is 10.9 Å². The maximum atomic E-state index is 12.1. The van der Waals surface area contributed by atoms with E-state index >= 15 is 0 Å². The molecule has 2 aromatic heterocycles. The molecule has 0 aliphatic carbocycles. The van der Waals surface area contributed by atoms with Gasteiger partial charge >= 0.3 is 0 Å². The fourth-order valence-corrected chi connectivity index (χ4v) is 4.02. The molecule has 1 atom stereocenters. The molecule has 1 N–H and O–H groups in total. The van der Waals surface area contributed by atoms with Crippen LogP contribution in [0.3, 0.4) is 0 Å². The number of rotatable bonds is 3. The molecular formula is C21H25N5O2. The van der Waals surface area contributed by atoms with Crippen molar-refractivity contribution in [1.29, 1.82) is 0 Å². The summed E-state index contributed by atoms with van der Waals surface area (Å²) < 4.78 is 3.61. The van der Waals surface area contributed by atoms with Gasteiger partial charge in [0, 0.05) is 55.4 Å². The lowest BCUT2D eigenvalue weighted by Gasteiger charge is -2.17. The van der Waals surface area contributed by atoms with Gasteiger partial charge in [-0.25, -0.2) is 4.68 Å². The lowest BCUT2D eigenvalue weighted by molar-refractivity contribution is -0.127. The Morgan fingerprint density at radius 3 is 2.68 bits per heavy atom. The molecule has 7 heteroatoms. The van der Waals surface area contributed by atoms with Gasteiger partial charge in [-0.15, -0.1) is 0 Å². The third-order valence-corrected chi connectivity index (χ3v) is 5.82. The van der Waals surface area contributed by atoms with E-state index in [-0.39, 0.29) is 11.5 Å². The number of likely N-dealkylation sites (tertiary alicyclic amines) is 1. The van der Waals surface area contributed by atoms with E-state index in [1.807, 2.05) is 11.0 Å². The first-order valence-corrected chi connectivity index (χ1v) is 9.52. The molecule has 0 bridgehead atoms. The summed E-state index contributed by atoms with van der Waals surface area (Å²) in [5, 5.41) is 8.64. The summed E-state index contributed by atoms with van der Waals surface area (Å²) in [5.74, 6) is 0.139. The SMILES string of the molecule is CC(=O)N1CCC(n2ccc3c(C)c(Nc4cnn(C)c(=O)c4C)ccc32)C1. The zero-order chi connectivity index (χ0) is 20.0. The van der Waals surface area contributed by atoms with Crippen LogP contribution in [0.25, 0.3) is 10.9 Å². The molecule has 1 fully saturated rings. The van der Waals surface area contributed by atoms with Gasteiger partial charge in [-0.05, 0) is 44.0 Å². The van der Waals surface area contributed by atoms with Crippen LogP contribution in [-0.2, 0) is 11.8 Å². The second kappa shape index (κ2) is 6.82. The minimum Gasteiger partial charge on any atom is -0.354 e. The molecule has 1 amide bonds. The smallest absolute Gasteiger partial charge is 0.271 e. The Balaban J connectivity index is 1.67. The molecule has 3 heterocycles. The standard InChI is InChI=1S/C21H25N5O2/c1-13-17-8-10-26(16-7-9-25(12-16)15(3)27)20(17)6-5-18(13)23-19-11-22-24(4)21(28)14(19)2/h5-6,8,10-11,16,23H,7,9,12H2,1-4H3. The molecule has 0 spiro atoms. The molecule has 3 aromatic rings. The number of benzene rings is 1. The first-order valence-electron chi connectivity index (χ1n) is 9.52. The molecule has 0 saturated carbocycles. The van der Waals surface area contributed by atoms with Crippen molar-refractivity contribution in [2.24, 2.45) is 7.05 Å². The molecule has 1 aliphatic rings. The molecular weight excluding hydrogens is 354 g/mol. The fourth-order valence-electron chi connectivity index (χ4n) is 4.02. The van der Waals surface area contributed by atoms with Gasteiger partial charge in [0.15, 0.2) is 0 Å². The average Bonchev–Trinajstić information content (AvgIpc) is 3.31. The van der Waals surface area contributed by atoms with Crippen molar-refractivity contribution in [2.75, 3.05) is 18.4 Å². The number of aryl methyl sites for hydroxylation is 2. The van der Waals surface area contributed by atoms with Crippen LogP contribution in [0, 0.1) is 13.8 Å². The molecule has 1 unspecified atom stereocenters. The van der Waals surface area contributed by atoms with Crippen molar-refractivity contribution in [1.82, 2.24) is 19.2 Å². The highest BCUT2D eigenvalue weighted by Crippen LogP contribution is 2.32. The highest BCUT2D eigenvalue weighted by Gasteiger charge is 2.26. The van der Waals surface area contributed by atoms with Crippen LogP contribution in [0.15, 0.2) is 35.4 Å². The van der Waals surface area contributed by atoms with Crippen molar-refractivity contribution in [3.8, 4) is 0 Å². The zero-order valence-corrected chi connectivity index (χ0v) is 16.7. The summed E-state index contributed by atoms with van der Waals surface area (Å²) in [5.41, 5.74) is 4.50. The Bertz CT molecular complexity index is 1130. The molecule has 7 nitrogen and oxygen atoms in total. The minimum atomic E-state index is -0.105. The number of anilines is 2. The van der Waals surface area contributed by atoms with Gasteiger partial charge in [-0.2, -0.15) is 5.10 Å². The van der Waals surface area contributed by atoms with E-state index in [4.69, 9.17) is 0 Å². The number of hydrogen-bond acceptors (Lipinski definition) is 4. The van der Waals surface area contributed by atoms with Crippen LogP contribution in [0.4, 0.5) is 11.4 Å². The normalized spacial score (nSPS) is 16.7. The predicted molar refractivity (Wildman–Crippen MR) is 110 cm³/mol. The van der Waals surface area contributed by atoms with E-state index < -0.39 is 0 Å². The average molecular weight is 379 g/mol. The first kappa shape index (κ1) is 18.3. The van der Waals surface area contributed by atoms with Crippen LogP contribution in [0.1, 0.15) is 30.5 Å². The topological polar surface area (TPSA) is 72.2 Å². The van der Waals surface area contributed by atoms with E-state index in [9.17, 15) is 9.59 Å². The lowest BCUT2D eigenvalue weighted by atomic mass is 10.1. The Morgan fingerprint density at radius 2 is 1.96 bits per heavy atom. The van der Waals surface area contributed by atoms with Crippen LogP contribution >= 0.6 is 0 Å². The Kier molecular flexibility index (Phi) is 4.45. The Morgan fingerprint density at radius 1 is 1.18 bits per heavy atom. The molecule has 0 radical (unpaired) electrons. The van der Waals surface area contributed by atoms with Crippen LogP contribution in [0.5, 0.6) is 0 Å².